The molecule has 3 aromatic rings. The molecular weight excluding hydrogens is 458 g/mol. The van der Waals surface area contributed by atoms with E-state index in [2.05, 4.69) is 15.7 Å². The lowest BCUT2D eigenvalue weighted by molar-refractivity contribution is -0.114. The fourth-order valence-corrected chi connectivity index (χ4v) is 6.44. The summed E-state index contributed by atoms with van der Waals surface area (Å²) >= 11 is 1.69. The predicted molar refractivity (Wildman–Crippen MR) is 141 cm³/mol. The van der Waals surface area contributed by atoms with Crippen LogP contribution in [0.15, 0.2) is 47.1 Å². The Morgan fingerprint density at radius 1 is 1.14 bits per heavy atom. The molecule has 2 aromatic heterocycles. The van der Waals surface area contributed by atoms with E-state index >= 15 is 0 Å². The molecule has 0 atom stereocenters. The summed E-state index contributed by atoms with van der Waals surface area (Å²) < 4.78 is 7.61. The standard InChI is InChI=1S/C28H29N3O3S/c1-5-34-28(33)25-22-13-9-10-14-24(22)35-27(25)30-17(2)15-20(19(30)4)16-23-18(3)29-31(26(23)32)21-11-7-6-8-12-21/h6-8,11-12,15-16H,5,9-10,13-14H2,1-4H3/b23-16+. The second-order valence-corrected chi connectivity index (χ2v) is 10.1. The monoisotopic (exact) mass is 487 g/mol. The molecule has 2 aliphatic rings. The topological polar surface area (TPSA) is 63.9 Å². The number of thiophene rings is 1. The Morgan fingerprint density at radius 3 is 2.63 bits per heavy atom. The SMILES string of the molecule is CCOC(=O)c1c(-n2c(C)cc(/C=C3/C(=O)N(c4ccccc4)N=C3C)c2C)sc2c1CCCC2. The number of rotatable bonds is 5. The van der Waals surface area contributed by atoms with Crippen LogP contribution in [0.25, 0.3) is 11.1 Å². The maximum atomic E-state index is 13.2. The van der Waals surface area contributed by atoms with Gasteiger partial charge in [-0.05, 0) is 88.8 Å². The van der Waals surface area contributed by atoms with Crippen molar-refractivity contribution in [3.05, 3.63) is 74.9 Å². The van der Waals surface area contributed by atoms with E-state index in [4.69, 9.17) is 4.74 Å². The zero-order valence-electron chi connectivity index (χ0n) is 20.6. The molecule has 5 rings (SSSR count). The van der Waals surface area contributed by atoms with Crippen LogP contribution in [-0.2, 0) is 22.4 Å². The zero-order chi connectivity index (χ0) is 24.7. The van der Waals surface area contributed by atoms with Crippen LogP contribution in [0.4, 0.5) is 5.69 Å². The van der Waals surface area contributed by atoms with Crippen molar-refractivity contribution >= 4 is 40.7 Å². The summed E-state index contributed by atoms with van der Waals surface area (Å²) in [6.45, 7) is 8.12. The molecule has 0 N–H and O–H groups in total. The number of anilines is 1. The Morgan fingerprint density at radius 2 is 1.89 bits per heavy atom. The van der Waals surface area contributed by atoms with Crippen LogP contribution in [0.1, 0.15) is 64.4 Å². The van der Waals surface area contributed by atoms with E-state index in [0.717, 1.165) is 58.9 Å². The largest absolute Gasteiger partial charge is 0.462 e. The molecule has 3 heterocycles. The minimum absolute atomic E-state index is 0.141. The van der Waals surface area contributed by atoms with Crippen molar-refractivity contribution in [2.45, 2.75) is 53.4 Å². The van der Waals surface area contributed by atoms with Gasteiger partial charge in [-0.1, -0.05) is 18.2 Å². The van der Waals surface area contributed by atoms with E-state index in [1.807, 2.05) is 64.1 Å². The molecule has 0 spiro atoms. The van der Waals surface area contributed by atoms with E-state index in [1.54, 1.807) is 11.3 Å². The van der Waals surface area contributed by atoms with Crippen LogP contribution in [-0.4, -0.2) is 28.8 Å². The van der Waals surface area contributed by atoms with Crippen molar-refractivity contribution in [1.29, 1.82) is 0 Å². The number of esters is 1. The molecule has 0 saturated carbocycles. The van der Waals surface area contributed by atoms with Gasteiger partial charge in [-0.25, -0.2) is 4.79 Å². The van der Waals surface area contributed by atoms with Gasteiger partial charge >= 0.3 is 5.97 Å². The number of nitrogens with zero attached hydrogens (tertiary/aromatic N) is 3. The summed E-state index contributed by atoms with van der Waals surface area (Å²) in [7, 11) is 0. The Bertz CT molecular complexity index is 1380. The van der Waals surface area contributed by atoms with E-state index in [-0.39, 0.29) is 11.9 Å². The average Bonchev–Trinajstić information content (AvgIpc) is 3.46. The molecule has 1 aliphatic heterocycles. The van der Waals surface area contributed by atoms with Crippen LogP contribution in [0.5, 0.6) is 0 Å². The number of benzene rings is 1. The third-order valence-electron chi connectivity index (χ3n) is 6.67. The lowest BCUT2D eigenvalue weighted by Gasteiger charge is -2.13. The number of carbonyl (C=O) groups is 2. The molecule has 0 unspecified atom stereocenters. The first-order chi connectivity index (χ1) is 16.9. The Balaban J connectivity index is 1.57. The second-order valence-electron chi connectivity index (χ2n) is 8.97. The number of hydrogen-bond acceptors (Lipinski definition) is 5. The third kappa shape index (κ3) is 4.04. The number of aromatic nitrogens is 1. The molecule has 1 aromatic carbocycles. The molecule has 7 heteroatoms. The smallest absolute Gasteiger partial charge is 0.341 e. The van der Waals surface area contributed by atoms with Crippen molar-refractivity contribution in [3.8, 4) is 5.00 Å². The van der Waals surface area contributed by atoms with Crippen LogP contribution in [0.2, 0.25) is 0 Å². The fraction of sp³-hybridized carbons (Fsp3) is 0.321. The Hall–Kier alpha value is -3.45. The first-order valence-electron chi connectivity index (χ1n) is 12.1. The van der Waals surface area contributed by atoms with Gasteiger partial charge in [0.25, 0.3) is 5.91 Å². The molecule has 0 saturated heterocycles. The minimum atomic E-state index is -0.248. The molecule has 6 nitrogen and oxygen atoms in total. The van der Waals surface area contributed by atoms with Crippen LogP contribution >= 0.6 is 11.3 Å². The first-order valence-corrected chi connectivity index (χ1v) is 12.9. The summed E-state index contributed by atoms with van der Waals surface area (Å²) in [6, 6.07) is 11.5. The van der Waals surface area contributed by atoms with Crippen molar-refractivity contribution in [2.75, 3.05) is 11.6 Å². The number of hydrogen-bond donors (Lipinski definition) is 0. The number of para-hydroxylation sites is 1. The average molecular weight is 488 g/mol. The number of aryl methyl sites for hydroxylation is 2. The number of ether oxygens (including phenoxy) is 1. The number of hydrazone groups is 1. The van der Waals surface area contributed by atoms with E-state index in [9.17, 15) is 9.59 Å². The maximum Gasteiger partial charge on any atom is 0.341 e. The van der Waals surface area contributed by atoms with Crippen molar-refractivity contribution < 1.29 is 14.3 Å². The van der Waals surface area contributed by atoms with Gasteiger partial charge in [0, 0.05) is 16.3 Å². The van der Waals surface area contributed by atoms with Gasteiger partial charge < -0.3 is 9.30 Å². The normalized spacial score (nSPS) is 16.6. The fourth-order valence-electron chi connectivity index (χ4n) is 4.95. The summed E-state index contributed by atoms with van der Waals surface area (Å²) in [5.74, 6) is -0.390. The van der Waals surface area contributed by atoms with Crippen molar-refractivity contribution in [2.24, 2.45) is 5.10 Å². The lowest BCUT2D eigenvalue weighted by atomic mass is 9.95. The van der Waals surface area contributed by atoms with E-state index in [1.165, 1.54) is 9.89 Å². The van der Waals surface area contributed by atoms with Gasteiger partial charge in [-0.2, -0.15) is 10.1 Å². The lowest BCUT2D eigenvalue weighted by Crippen LogP contribution is -2.21. The summed E-state index contributed by atoms with van der Waals surface area (Å²) in [5.41, 5.74) is 6.79. The summed E-state index contributed by atoms with van der Waals surface area (Å²) in [4.78, 5) is 27.5. The van der Waals surface area contributed by atoms with Gasteiger partial charge in [-0.3, -0.25) is 4.79 Å². The van der Waals surface area contributed by atoms with Gasteiger partial charge in [0.2, 0.25) is 0 Å². The van der Waals surface area contributed by atoms with Crippen molar-refractivity contribution in [3.63, 3.8) is 0 Å². The van der Waals surface area contributed by atoms with Gasteiger partial charge in [-0.15, -0.1) is 11.3 Å². The van der Waals surface area contributed by atoms with Gasteiger partial charge in [0.1, 0.15) is 5.00 Å². The Labute approximate surface area is 209 Å². The highest BCUT2D eigenvalue weighted by Crippen LogP contribution is 2.39. The molecule has 180 valence electrons. The number of amides is 1. The highest BCUT2D eigenvalue weighted by atomic mass is 32.1. The summed E-state index contributed by atoms with van der Waals surface area (Å²) in [6.07, 6.45) is 6.07. The minimum Gasteiger partial charge on any atom is -0.462 e. The van der Waals surface area contributed by atoms with Crippen molar-refractivity contribution in [1.82, 2.24) is 4.57 Å². The van der Waals surface area contributed by atoms with Crippen LogP contribution < -0.4 is 5.01 Å². The van der Waals surface area contributed by atoms with Gasteiger partial charge in [0.05, 0.1) is 29.1 Å². The number of carbonyl (C=O) groups excluding carboxylic acids is 2. The molecular formula is C28H29N3O3S. The number of fused-ring (bicyclic) bond motifs is 1. The third-order valence-corrected chi connectivity index (χ3v) is 7.95. The second kappa shape index (κ2) is 9.30. The van der Waals surface area contributed by atoms with Crippen LogP contribution in [0, 0.1) is 13.8 Å². The molecule has 0 fully saturated rings. The molecule has 0 bridgehead atoms. The van der Waals surface area contributed by atoms with Gasteiger partial charge in [0.15, 0.2) is 0 Å². The Kier molecular flexibility index (Phi) is 6.19. The van der Waals surface area contributed by atoms with E-state index < -0.39 is 0 Å². The molecule has 0 radical (unpaired) electrons. The highest BCUT2D eigenvalue weighted by Gasteiger charge is 2.31. The summed E-state index contributed by atoms with van der Waals surface area (Å²) in [5, 5.41) is 6.87. The highest BCUT2D eigenvalue weighted by molar-refractivity contribution is 7.15. The molecule has 1 amide bonds. The van der Waals surface area contributed by atoms with Crippen LogP contribution in [0.3, 0.4) is 0 Å². The quantitative estimate of drug-likeness (QED) is 0.327. The first kappa shape index (κ1) is 23.3. The van der Waals surface area contributed by atoms with E-state index in [0.29, 0.717) is 23.5 Å². The molecule has 1 aliphatic carbocycles. The molecule has 35 heavy (non-hydrogen) atoms. The predicted octanol–water partition coefficient (Wildman–Crippen LogP) is 6.02. The maximum absolute atomic E-state index is 13.2. The zero-order valence-corrected chi connectivity index (χ0v) is 21.4.